The van der Waals surface area contributed by atoms with E-state index in [2.05, 4.69) is 11.5 Å². The van der Waals surface area contributed by atoms with Crippen LogP contribution in [0.2, 0.25) is 0 Å². The highest BCUT2D eigenvalue weighted by Gasteiger charge is 2.08. The normalized spacial score (nSPS) is 13.1. The number of hydrogen-bond donors (Lipinski definition) is 1. The maximum absolute atomic E-state index is 5.85. The number of rotatable bonds is 9. The highest BCUT2D eigenvalue weighted by Crippen LogP contribution is 1.92. The second-order valence-electron chi connectivity index (χ2n) is 3.26. The average Bonchev–Trinajstić information content (AvgIpc) is 2.15. The Balaban J connectivity index is 3.75. The van der Waals surface area contributed by atoms with Crippen LogP contribution in [0.15, 0.2) is 12.7 Å². The van der Waals surface area contributed by atoms with Crippen molar-refractivity contribution in [3.05, 3.63) is 12.7 Å². The van der Waals surface area contributed by atoms with Gasteiger partial charge in [0.1, 0.15) is 0 Å². The largest absolute Gasteiger partial charge is 0.383 e. The fourth-order valence-corrected chi connectivity index (χ4v) is 1.26. The maximum atomic E-state index is 5.85. The molecule has 0 aliphatic rings. The summed E-state index contributed by atoms with van der Waals surface area (Å²) < 4.78 is 9.99. The third-order valence-electron chi connectivity index (χ3n) is 1.87. The van der Waals surface area contributed by atoms with Gasteiger partial charge >= 0.3 is 0 Å². The van der Waals surface area contributed by atoms with Crippen molar-refractivity contribution in [1.29, 1.82) is 0 Å². The first-order valence-electron chi connectivity index (χ1n) is 4.81. The van der Waals surface area contributed by atoms with Crippen LogP contribution >= 0.6 is 0 Å². The van der Waals surface area contributed by atoms with Gasteiger partial charge in [-0.1, -0.05) is 6.08 Å². The molecule has 0 radical (unpaired) electrons. The van der Waals surface area contributed by atoms with Crippen LogP contribution in [0.4, 0.5) is 0 Å². The Kier molecular flexibility index (Phi) is 8.87. The molecule has 0 bridgehead atoms. The molecule has 0 amide bonds. The van der Waals surface area contributed by atoms with Crippen LogP contribution in [-0.2, 0) is 9.47 Å². The third kappa shape index (κ3) is 7.03. The Bertz CT molecular complexity index is 142. The van der Waals surface area contributed by atoms with Crippen molar-refractivity contribution in [3.63, 3.8) is 0 Å². The van der Waals surface area contributed by atoms with Crippen molar-refractivity contribution in [3.8, 4) is 0 Å². The van der Waals surface area contributed by atoms with E-state index in [1.807, 2.05) is 6.08 Å². The van der Waals surface area contributed by atoms with Gasteiger partial charge in [-0.05, 0) is 0 Å². The Labute approximate surface area is 86.7 Å². The lowest BCUT2D eigenvalue weighted by atomic mass is 10.3. The first-order chi connectivity index (χ1) is 6.74. The number of nitrogens with zero attached hydrogens (tertiary/aromatic N) is 1. The van der Waals surface area contributed by atoms with Crippen LogP contribution in [0, 0.1) is 0 Å². The van der Waals surface area contributed by atoms with Gasteiger partial charge in [0.05, 0.1) is 13.2 Å². The minimum Gasteiger partial charge on any atom is -0.383 e. The topological polar surface area (TPSA) is 47.7 Å². The summed E-state index contributed by atoms with van der Waals surface area (Å²) in [6, 6.07) is 0.0526. The van der Waals surface area contributed by atoms with E-state index in [9.17, 15) is 0 Å². The zero-order valence-corrected chi connectivity index (χ0v) is 9.24. The molecule has 1 unspecified atom stereocenters. The number of methoxy groups -OCH3 is 2. The molecule has 84 valence electrons. The zero-order chi connectivity index (χ0) is 10.8. The Morgan fingerprint density at radius 1 is 1.43 bits per heavy atom. The molecule has 0 aliphatic heterocycles. The fourth-order valence-electron chi connectivity index (χ4n) is 1.26. The molecule has 0 aromatic carbocycles. The van der Waals surface area contributed by atoms with Gasteiger partial charge in [-0.3, -0.25) is 4.90 Å². The van der Waals surface area contributed by atoms with Gasteiger partial charge in [0.2, 0.25) is 0 Å². The highest BCUT2D eigenvalue weighted by molar-refractivity contribution is 4.76. The zero-order valence-electron chi connectivity index (χ0n) is 9.24. The summed E-state index contributed by atoms with van der Waals surface area (Å²) in [4.78, 5) is 2.19. The summed E-state index contributed by atoms with van der Waals surface area (Å²) in [6.07, 6.45) is 1.87. The van der Waals surface area contributed by atoms with E-state index in [1.165, 1.54) is 0 Å². The van der Waals surface area contributed by atoms with E-state index in [1.54, 1.807) is 14.2 Å². The molecule has 4 nitrogen and oxygen atoms in total. The third-order valence-corrected chi connectivity index (χ3v) is 1.87. The van der Waals surface area contributed by atoms with Crippen LogP contribution < -0.4 is 5.73 Å². The Morgan fingerprint density at radius 2 is 2.14 bits per heavy atom. The van der Waals surface area contributed by atoms with Crippen molar-refractivity contribution >= 4 is 0 Å². The number of nitrogens with two attached hydrogens (primary N) is 1. The molecule has 0 fully saturated rings. The molecule has 0 spiro atoms. The molecule has 0 aromatic heterocycles. The van der Waals surface area contributed by atoms with E-state index in [-0.39, 0.29) is 6.04 Å². The molecule has 0 saturated heterocycles. The van der Waals surface area contributed by atoms with Gasteiger partial charge in [-0.25, -0.2) is 0 Å². The molecular weight excluding hydrogens is 180 g/mol. The van der Waals surface area contributed by atoms with E-state index in [4.69, 9.17) is 15.2 Å². The van der Waals surface area contributed by atoms with Crippen LogP contribution in [0.25, 0.3) is 0 Å². The molecule has 0 aromatic rings. The molecule has 0 saturated carbocycles. The molecule has 2 N–H and O–H groups in total. The molecule has 0 rings (SSSR count). The highest BCUT2D eigenvalue weighted by atomic mass is 16.5. The minimum atomic E-state index is 0.0526. The predicted octanol–water partition coefficient (Wildman–Crippen LogP) is 0.0945. The van der Waals surface area contributed by atoms with Crippen LogP contribution in [-0.4, -0.2) is 58.0 Å². The average molecular weight is 202 g/mol. The summed E-state index contributed by atoms with van der Waals surface area (Å²) in [5, 5.41) is 0. The quantitative estimate of drug-likeness (QED) is 0.539. The summed E-state index contributed by atoms with van der Waals surface area (Å²) >= 11 is 0. The predicted molar refractivity (Wildman–Crippen MR) is 58.4 cm³/mol. The van der Waals surface area contributed by atoms with Crippen LogP contribution in [0.3, 0.4) is 0 Å². The minimum absolute atomic E-state index is 0.0526. The van der Waals surface area contributed by atoms with Crippen molar-refractivity contribution in [2.45, 2.75) is 6.04 Å². The van der Waals surface area contributed by atoms with E-state index < -0.39 is 0 Å². The lowest BCUT2D eigenvalue weighted by Gasteiger charge is -2.23. The lowest BCUT2D eigenvalue weighted by Crippen LogP contribution is -2.41. The number of ether oxygens (including phenoxy) is 2. The van der Waals surface area contributed by atoms with E-state index in [0.29, 0.717) is 13.2 Å². The summed E-state index contributed by atoms with van der Waals surface area (Å²) in [5.74, 6) is 0. The van der Waals surface area contributed by atoms with E-state index in [0.717, 1.165) is 19.6 Å². The molecule has 4 heteroatoms. The van der Waals surface area contributed by atoms with E-state index >= 15 is 0 Å². The summed E-state index contributed by atoms with van der Waals surface area (Å²) in [7, 11) is 3.36. The summed E-state index contributed by atoms with van der Waals surface area (Å²) in [5.41, 5.74) is 5.85. The van der Waals surface area contributed by atoms with Crippen LogP contribution in [0.5, 0.6) is 0 Å². The van der Waals surface area contributed by atoms with Crippen molar-refractivity contribution in [2.24, 2.45) is 5.73 Å². The second-order valence-corrected chi connectivity index (χ2v) is 3.26. The molecule has 14 heavy (non-hydrogen) atoms. The SMILES string of the molecule is C=CCN(CCOC)CC(N)COC. The van der Waals surface area contributed by atoms with Gasteiger partial charge in [0.15, 0.2) is 0 Å². The monoisotopic (exact) mass is 202 g/mol. The lowest BCUT2D eigenvalue weighted by molar-refractivity contribution is 0.129. The van der Waals surface area contributed by atoms with Gasteiger partial charge in [-0.2, -0.15) is 0 Å². The van der Waals surface area contributed by atoms with Gasteiger partial charge in [0.25, 0.3) is 0 Å². The van der Waals surface area contributed by atoms with Crippen LogP contribution in [0.1, 0.15) is 0 Å². The first kappa shape index (κ1) is 13.6. The molecular formula is C10H22N2O2. The Hall–Kier alpha value is -0.420. The standard InChI is InChI=1S/C10H22N2O2/c1-4-5-12(6-7-13-2)8-10(11)9-14-3/h4,10H,1,5-9,11H2,2-3H3. The summed E-state index contributed by atoms with van der Waals surface area (Å²) in [6.45, 7) is 7.52. The van der Waals surface area contributed by atoms with Crippen molar-refractivity contribution < 1.29 is 9.47 Å². The maximum Gasteiger partial charge on any atom is 0.0626 e. The fraction of sp³-hybridized carbons (Fsp3) is 0.800. The van der Waals surface area contributed by atoms with Gasteiger partial charge < -0.3 is 15.2 Å². The first-order valence-corrected chi connectivity index (χ1v) is 4.81. The number of hydrogen-bond acceptors (Lipinski definition) is 4. The van der Waals surface area contributed by atoms with Crippen molar-refractivity contribution in [1.82, 2.24) is 4.90 Å². The van der Waals surface area contributed by atoms with Gasteiger partial charge in [-0.15, -0.1) is 6.58 Å². The smallest absolute Gasteiger partial charge is 0.0626 e. The molecule has 1 atom stereocenters. The molecule has 0 heterocycles. The molecule has 0 aliphatic carbocycles. The van der Waals surface area contributed by atoms with Crippen molar-refractivity contribution in [2.75, 3.05) is 47.1 Å². The second kappa shape index (κ2) is 9.15. The van der Waals surface area contributed by atoms with Gasteiger partial charge in [0, 0.05) is 39.9 Å². The Morgan fingerprint density at radius 3 is 2.64 bits per heavy atom.